The molecule has 2 rings (SSSR count). The lowest BCUT2D eigenvalue weighted by molar-refractivity contribution is 0.964. The second kappa shape index (κ2) is 4.55. The van der Waals surface area contributed by atoms with Crippen molar-refractivity contribution in [2.75, 3.05) is 0 Å². The summed E-state index contributed by atoms with van der Waals surface area (Å²) >= 11 is 3.18. The second-order valence-electron chi connectivity index (χ2n) is 3.95. The van der Waals surface area contributed by atoms with Crippen molar-refractivity contribution >= 4 is 22.7 Å². The molecule has 0 fully saturated rings. The van der Waals surface area contributed by atoms with Gasteiger partial charge in [0.25, 0.3) is 0 Å². The molecule has 5 heteroatoms. The molecule has 0 aliphatic rings. The molecule has 0 unspecified atom stereocenters. The van der Waals surface area contributed by atoms with Gasteiger partial charge in [0, 0.05) is 9.75 Å². The summed E-state index contributed by atoms with van der Waals surface area (Å²) in [6, 6.07) is 2.31. The van der Waals surface area contributed by atoms with Gasteiger partial charge in [0.2, 0.25) is 0 Å². The quantitative estimate of drug-likeness (QED) is 0.833. The van der Waals surface area contributed by atoms with E-state index in [1.807, 2.05) is 27.7 Å². The zero-order valence-corrected chi connectivity index (χ0v) is 11.9. The van der Waals surface area contributed by atoms with Crippen LogP contribution in [0, 0.1) is 39.0 Å². The highest BCUT2D eigenvalue weighted by molar-refractivity contribution is 7.13. The highest BCUT2D eigenvalue weighted by atomic mass is 32.1. The van der Waals surface area contributed by atoms with Crippen molar-refractivity contribution < 1.29 is 0 Å². The van der Waals surface area contributed by atoms with Crippen molar-refractivity contribution in [1.29, 1.82) is 5.26 Å². The molecule has 2 aromatic rings. The molecule has 0 saturated heterocycles. The van der Waals surface area contributed by atoms with Crippen molar-refractivity contribution in [2.24, 2.45) is 0 Å². The predicted octanol–water partition coefficient (Wildman–Crippen LogP) is 3.49. The van der Waals surface area contributed by atoms with E-state index in [0.717, 1.165) is 21.4 Å². The topological polar surface area (TPSA) is 49.6 Å². The van der Waals surface area contributed by atoms with Crippen molar-refractivity contribution in [1.82, 2.24) is 9.97 Å². The van der Waals surface area contributed by atoms with Gasteiger partial charge in [-0.05, 0) is 27.7 Å². The van der Waals surface area contributed by atoms with Crippen molar-refractivity contribution in [3.8, 4) is 6.07 Å². The van der Waals surface area contributed by atoms with Crippen LogP contribution >= 0.6 is 22.7 Å². The summed E-state index contributed by atoms with van der Waals surface area (Å²) in [6.45, 7) is 8.01. The van der Waals surface area contributed by atoms with Gasteiger partial charge in [-0.25, -0.2) is 9.97 Å². The lowest BCUT2D eigenvalue weighted by atomic mass is 10.2. The Bertz CT molecular complexity index is 504. The molecule has 0 N–H and O–H groups in total. The maximum atomic E-state index is 9.32. The normalized spacial score (nSPS) is 10.8. The molecular weight excluding hydrogens is 250 g/mol. The molecule has 0 aliphatic heterocycles. The van der Waals surface area contributed by atoms with Crippen LogP contribution in [-0.2, 0) is 0 Å². The van der Waals surface area contributed by atoms with Crippen LogP contribution in [0.15, 0.2) is 0 Å². The van der Waals surface area contributed by atoms with E-state index < -0.39 is 0 Å². The first-order valence-corrected chi connectivity index (χ1v) is 6.93. The van der Waals surface area contributed by atoms with E-state index in [2.05, 4.69) is 16.0 Å². The minimum atomic E-state index is -0.315. The Balaban J connectivity index is 2.44. The summed E-state index contributed by atoms with van der Waals surface area (Å²) in [5.41, 5.74) is 2.02. The van der Waals surface area contributed by atoms with Gasteiger partial charge in [0.1, 0.15) is 15.9 Å². The Morgan fingerprint density at radius 2 is 1.35 bits per heavy atom. The predicted molar refractivity (Wildman–Crippen MR) is 70.6 cm³/mol. The van der Waals surface area contributed by atoms with Gasteiger partial charge >= 0.3 is 0 Å². The summed E-state index contributed by atoms with van der Waals surface area (Å²) in [4.78, 5) is 11.3. The van der Waals surface area contributed by atoms with E-state index in [1.165, 1.54) is 9.75 Å². The molecule has 0 amide bonds. The highest BCUT2D eigenvalue weighted by Crippen LogP contribution is 2.32. The SMILES string of the molecule is Cc1nc(C(C#N)c2nc(C)c(C)s2)sc1C. The Labute approximate surface area is 109 Å². The summed E-state index contributed by atoms with van der Waals surface area (Å²) in [5.74, 6) is -0.315. The zero-order chi connectivity index (χ0) is 12.6. The fourth-order valence-corrected chi connectivity index (χ4v) is 3.48. The smallest absolute Gasteiger partial charge is 0.149 e. The first-order valence-electron chi connectivity index (χ1n) is 5.30. The maximum absolute atomic E-state index is 9.32. The van der Waals surface area contributed by atoms with Crippen LogP contribution in [0.25, 0.3) is 0 Å². The molecule has 0 radical (unpaired) electrons. The number of aromatic nitrogens is 2. The minimum Gasteiger partial charge on any atom is -0.244 e. The summed E-state index contributed by atoms with van der Waals surface area (Å²) in [7, 11) is 0. The van der Waals surface area contributed by atoms with Crippen LogP contribution in [-0.4, -0.2) is 9.97 Å². The van der Waals surface area contributed by atoms with Crippen LogP contribution in [0.4, 0.5) is 0 Å². The van der Waals surface area contributed by atoms with Crippen LogP contribution in [0.1, 0.15) is 37.1 Å². The maximum Gasteiger partial charge on any atom is 0.149 e. The van der Waals surface area contributed by atoms with Gasteiger partial charge in [0.15, 0.2) is 0 Å². The van der Waals surface area contributed by atoms with E-state index in [1.54, 1.807) is 22.7 Å². The number of thiazole rings is 2. The fraction of sp³-hybridized carbons (Fsp3) is 0.417. The van der Waals surface area contributed by atoms with Crippen LogP contribution < -0.4 is 0 Å². The molecule has 2 heterocycles. The lowest BCUT2D eigenvalue weighted by Crippen LogP contribution is -1.97. The molecule has 0 atom stereocenters. The first-order chi connectivity index (χ1) is 8.02. The van der Waals surface area contributed by atoms with Crippen LogP contribution in [0.2, 0.25) is 0 Å². The average Bonchev–Trinajstić information content (AvgIpc) is 2.75. The van der Waals surface area contributed by atoms with Crippen molar-refractivity contribution in [3.05, 3.63) is 31.2 Å². The zero-order valence-electron chi connectivity index (χ0n) is 10.2. The van der Waals surface area contributed by atoms with Gasteiger partial charge in [-0.3, -0.25) is 0 Å². The Kier molecular flexibility index (Phi) is 3.27. The Morgan fingerprint density at radius 1 is 0.941 bits per heavy atom. The first kappa shape index (κ1) is 12.2. The number of rotatable bonds is 2. The van der Waals surface area contributed by atoms with Gasteiger partial charge in [0.05, 0.1) is 17.5 Å². The van der Waals surface area contributed by atoms with Gasteiger partial charge < -0.3 is 0 Å². The van der Waals surface area contributed by atoms with Gasteiger partial charge in [-0.2, -0.15) is 5.26 Å². The third kappa shape index (κ3) is 2.24. The molecule has 88 valence electrons. The third-order valence-electron chi connectivity index (χ3n) is 2.71. The van der Waals surface area contributed by atoms with E-state index in [9.17, 15) is 5.26 Å². The van der Waals surface area contributed by atoms with Crippen molar-refractivity contribution in [3.63, 3.8) is 0 Å². The molecule has 3 nitrogen and oxygen atoms in total. The third-order valence-corrected chi connectivity index (χ3v) is 4.99. The lowest BCUT2D eigenvalue weighted by Gasteiger charge is -1.99. The van der Waals surface area contributed by atoms with Gasteiger partial charge in [-0.1, -0.05) is 0 Å². The average molecular weight is 263 g/mol. The monoisotopic (exact) mass is 263 g/mol. The standard InChI is InChI=1S/C12H13N3S2/c1-6-8(3)16-11(14-6)10(5-13)12-15-7(2)9(4)17-12/h10H,1-4H3. The molecular formula is C12H13N3S2. The number of aryl methyl sites for hydroxylation is 4. The van der Waals surface area contributed by atoms with Crippen molar-refractivity contribution in [2.45, 2.75) is 33.6 Å². The second-order valence-corrected chi connectivity index (χ2v) is 6.42. The van der Waals surface area contributed by atoms with Crippen LogP contribution in [0.3, 0.4) is 0 Å². The largest absolute Gasteiger partial charge is 0.244 e. The van der Waals surface area contributed by atoms with E-state index >= 15 is 0 Å². The Morgan fingerprint density at radius 3 is 1.59 bits per heavy atom. The number of nitrogens with zero attached hydrogens (tertiary/aromatic N) is 3. The summed E-state index contributed by atoms with van der Waals surface area (Å²) < 4.78 is 0. The Hall–Kier alpha value is -1.25. The fourth-order valence-electron chi connectivity index (χ4n) is 1.46. The summed E-state index contributed by atoms with van der Waals surface area (Å²) in [5, 5.41) is 11.0. The molecule has 0 aliphatic carbocycles. The van der Waals surface area contributed by atoms with E-state index in [-0.39, 0.29) is 5.92 Å². The number of hydrogen-bond acceptors (Lipinski definition) is 5. The van der Waals surface area contributed by atoms with Crippen LogP contribution in [0.5, 0.6) is 0 Å². The molecule has 0 saturated carbocycles. The van der Waals surface area contributed by atoms with E-state index in [0.29, 0.717) is 0 Å². The number of nitriles is 1. The summed E-state index contributed by atoms with van der Waals surface area (Å²) in [6.07, 6.45) is 0. The van der Waals surface area contributed by atoms with E-state index in [4.69, 9.17) is 0 Å². The minimum absolute atomic E-state index is 0.315. The number of hydrogen-bond donors (Lipinski definition) is 0. The molecule has 17 heavy (non-hydrogen) atoms. The molecule has 2 aromatic heterocycles. The molecule has 0 aromatic carbocycles. The highest BCUT2D eigenvalue weighted by Gasteiger charge is 2.22. The van der Waals surface area contributed by atoms with Gasteiger partial charge in [-0.15, -0.1) is 22.7 Å². The molecule has 0 spiro atoms. The molecule has 0 bridgehead atoms.